The van der Waals surface area contributed by atoms with Crippen LogP contribution in [-0.2, 0) is 5.41 Å². The Morgan fingerprint density at radius 3 is 1.50 bits per heavy atom. The lowest BCUT2D eigenvalue weighted by Gasteiger charge is -2.30. The standard InChI is InChI=1S/C41H23Br/c42-38-22-17-25-14-20-32-27(18-13-24-15-21-33(38)40(25)39(24)32)26-16-19-31-30-9-3-6-12-36(30)41(37(31)23-26)34-10-4-1-7-28(34)29-8-2-5-11-35(29)41/h1-23H. The van der Waals surface area contributed by atoms with Crippen molar-refractivity contribution in [3.63, 3.8) is 0 Å². The van der Waals surface area contributed by atoms with Crippen molar-refractivity contribution in [2.75, 3.05) is 0 Å². The maximum Gasteiger partial charge on any atom is 0.0725 e. The zero-order valence-corrected chi connectivity index (χ0v) is 24.2. The molecule has 0 bridgehead atoms. The van der Waals surface area contributed by atoms with E-state index in [2.05, 4.69) is 155 Å². The molecule has 8 aromatic rings. The fourth-order valence-electron chi connectivity index (χ4n) is 8.28. The van der Waals surface area contributed by atoms with Crippen LogP contribution in [0.2, 0.25) is 0 Å². The lowest BCUT2D eigenvalue weighted by Crippen LogP contribution is -2.25. The molecule has 194 valence electrons. The molecule has 1 spiro atoms. The van der Waals surface area contributed by atoms with Crippen LogP contribution in [0.3, 0.4) is 0 Å². The van der Waals surface area contributed by atoms with Crippen LogP contribution >= 0.6 is 15.9 Å². The lowest BCUT2D eigenvalue weighted by atomic mass is 9.70. The SMILES string of the molecule is Brc1ccc2ccc3c(-c4ccc5c(c4)C4(c6ccccc6-c6ccccc64)c4ccccc4-5)ccc4ccc1c2c43. The number of rotatable bonds is 1. The van der Waals surface area contributed by atoms with E-state index < -0.39 is 0 Å². The Morgan fingerprint density at radius 1 is 0.381 bits per heavy atom. The van der Waals surface area contributed by atoms with Gasteiger partial charge in [0.2, 0.25) is 0 Å². The van der Waals surface area contributed by atoms with Crippen LogP contribution in [0.15, 0.2) is 144 Å². The monoisotopic (exact) mass is 594 g/mol. The Bertz CT molecular complexity index is 2360. The first-order valence-corrected chi connectivity index (χ1v) is 15.3. The van der Waals surface area contributed by atoms with E-state index in [1.165, 1.54) is 88.0 Å². The molecule has 0 aliphatic heterocycles. The van der Waals surface area contributed by atoms with Gasteiger partial charge < -0.3 is 0 Å². The molecule has 0 saturated heterocycles. The van der Waals surface area contributed by atoms with Crippen molar-refractivity contribution in [2.24, 2.45) is 0 Å². The summed E-state index contributed by atoms with van der Waals surface area (Å²) in [6, 6.07) is 52.4. The second-order valence-electron chi connectivity index (χ2n) is 11.7. The van der Waals surface area contributed by atoms with E-state index in [-0.39, 0.29) is 5.41 Å². The summed E-state index contributed by atoms with van der Waals surface area (Å²) in [6.07, 6.45) is 0. The molecule has 0 atom stereocenters. The predicted octanol–water partition coefficient (Wildman–Crippen LogP) is 11.4. The summed E-state index contributed by atoms with van der Waals surface area (Å²) in [5, 5.41) is 7.83. The van der Waals surface area contributed by atoms with Crippen LogP contribution in [0.25, 0.3) is 65.7 Å². The van der Waals surface area contributed by atoms with Gasteiger partial charge in [0, 0.05) is 4.47 Å². The quantitative estimate of drug-likeness (QED) is 0.166. The molecule has 0 unspecified atom stereocenters. The van der Waals surface area contributed by atoms with Crippen LogP contribution in [0.5, 0.6) is 0 Å². The number of hydrogen-bond donors (Lipinski definition) is 0. The first kappa shape index (κ1) is 22.9. The fourth-order valence-corrected chi connectivity index (χ4v) is 8.74. The summed E-state index contributed by atoms with van der Waals surface area (Å²) in [7, 11) is 0. The van der Waals surface area contributed by atoms with E-state index in [4.69, 9.17) is 0 Å². The summed E-state index contributed by atoms with van der Waals surface area (Å²) >= 11 is 3.81. The molecule has 0 N–H and O–H groups in total. The van der Waals surface area contributed by atoms with Gasteiger partial charge in [0.05, 0.1) is 5.41 Å². The van der Waals surface area contributed by atoms with Crippen LogP contribution in [0.4, 0.5) is 0 Å². The molecule has 0 heterocycles. The molecular weight excluding hydrogens is 572 g/mol. The van der Waals surface area contributed by atoms with Crippen LogP contribution in [0.1, 0.15) is 22.3 Å². The molecule has 8 aromatic carbocycles. The minimum atomic E-state index is -0.330. The summed E-state index contributed by atoms with van der Waals surface area (Å²) in [6.45, 7) is 0. The minimum absolute atomic E-state index is 0.330. The zero-order valence-electron chi connectivity index (χ0n) is 22.7. The molecule has 42 heavy (non-hydrogen) atoms. The average Bonchev–Trinajstić information content (AvgIpc) is 3.51. The molecule has 0 nitrogen and oxygen atoms in total. The third-order valence-electron chi connectivity index (χ3n) is 9.92. The van der Waals surface area contributed by atoms with Gasteiger partial charge in [-0.2, -0.15) is 0 Å². The van der Waals surface area contributed by atoms with Gasteiger partial charge in [-0.1, -0.05) is 143 Å². The fraction of sp³-hybridized carbons (Fsp3) is 0.0244. The van der Waals surface area contributed by atoms with Crippen LogP contribution < -0.4 is 0 Å². The number of hydrogen-bond acceptors (Lipinski definition) is 0. The van der Waals surface area contributed by atoms with Gasteiger partial charge in [-0.15, -0.1) is 0 Å². The highest BCUT2D eigenvalue weighted by Crippen LogP contribution is 2.63. The molecule has 0 aromatic heterocycles. The van der Waals surface area contributed by atoms with Gasteiger partial charge in [0.15, 0.2) is 0 Å². The molecule has 1 heteroatoms. The molecule has 2 aliphatic carbocycles. The number of fused-ring (bicyclic) bond motifs is 10. The topological polar surface area (TPSA) is 0 Å². The van der Waals surface area contributed by atoms with Crippen molar-refractivity contribution in [1.82, 2.24) is 0 Å². The first-order chi connectivity index (χ1) is 20.7. The molecule has 2 aliphatic rings. The molecular formula is C41H23Br. The third kappa shape index (κ3) is 2.64. The highest BCUT2D eigenvalue weighted by Gasteiger charge is 2.51. The van der Waals surface area contributed by atoms with Crippen molar-refractivity contribution in [3.05, 3.63) is 166 Å². The Kier molecular flexibility index (Phi) is 4.35. The lowest BCUT2D eigenvalue weighted by molar-refractivity contribution is 0.794. The van der Waals surface area contributed by atoms with E-state index in [9.17, 15) is 0 Å². The number of benzene rings is 8. The van der Waals surface area contributed by atoms with Gasteiger partial charge in [0.25, 0.3) is 0 Å². The molecule has 10 rings (SSSR count). The van der Waals surface area contributed by atoms with Crippen molar-refractivity contribution in [1.29, 1.82) is 0 Å². The van der Waals surface area contributed by atoms with Crippen LogP contribution in [-0.4, -0.2) is 0 Å². The van der Waals surface area contributed by atoms with Gasteiger partial charge in [-0.3, -0.25) is 0 Å². The molecule has 0 fully saturated rings. The Morgan fingerprint density at radius 2 is 0.857 bits per heavy atom. The highest BCUT2D eigenvalue weighted by molar-refractivity contribution is 9.10. The van der Waals surface area contributed by atoms with Crippen LogP contribution in [0, 0.1) is 0 Å². The normalized spacial score (nSPS) is 14.0. The smallest absolute Gasteiger partial charge is 0.0619 e. The van der Waals surface area contributed by atoms with Crippen molar-refractivity contribution >= 4 is 48.2 Å². The summed E-state index contributed by atoms with van der Waals surface area (Å²) < 4.78 is 1.14. The maximum absolute atomic E-state index is 3.81. The van der Waals surface area contributed by atoms with Gasteiger partial charge in [0.1, 0.15) is 0 Å². The first-order valence-electron chi connectivity index (χ1n) is 14.6. The second kappa shape index (κ2) is 7.97. The highest BCUT2D eigenvalue weighted by atomic mass is 79.9. The molecule has 0 radical (unpaired) electrons. The van der Waals surface area contributed by atoms with E-state index in [1.54, 1.807) is 0 Å². The van der Waals surface area contributed by atoms with Gasteiger partial charge >= 0.3 is 0 Å². The Hall–Kier alpha value is -4.72. The van der Waals surface area contributed by atoms with E-state index >= 15 is 0 Å². The third-order valence-corrected chi connectivity index (χ3v) is 10.6. The predicted molar refractivity (Wildman–Crippen MR) is 180 cm³/mol. The van der Waals surface area contributed by atoms with Gasteiger partial charge in [-0.05, 0) is 100 Å². The van der Waals surface area contributed by atoms with E-state index in [0.29, 0.717) is 0 Å². The minimum Gasteiger partial charge on any atom is -0.0619 e. The van der Waals surface area contributed by atoms with E-state index in [1.807, 2.05) is 0 Å². The Labute approximate surface area is 252 Å². The zero-order chi connectivity index (χ0) is 27.6. The average molecular weight is 596 g/mol. The maximum atomic E-state index is 3.81. The van der Waals surface area contributed by atoms with Crippen molar-refractivity contribution in [3.8, 4) is 33.4 Å². The molecule has 0 saturated carbocycles. The van der Waals surface area contributed by atoms with Gasteiger partial charge in [-0.25, -0.2) is 0 Å². The second-order valence-corrected chi connectivity index (χ2v) is 12.6. The summed E-state index contributed by atoms with van der Waals surface area (Å²) in [4.78, 5) is 0. The summed E-state index contributed by atoms with van der Waals surface area (Å²) in [5.41, 5.74) is 13.1. The number of halogens is 1. The molecule has 0 amide bonds. The largest absolute Gasteiger partial charge is 0.0725 e. The Balaban J connectivity index is 1.31. The summed E-state index contributed by atoms with van der Waals surface area (Å²) in [5.74, 6) is 0. The van der Waals surface area contributed by atoms with E-state index in [0.717, 1.165) is 4.47 Å². The van der Waals surface area contributed by atoms with Crippen molar-refractivity contribution < 1.29 is 0 Å². The van der Waals surface area contributed by atoms with Crippen molar-refractivity contribution in [2.45, 2.75) is 5.41 Å².